The fraction of sp³-hybridized carbons (Fsp3) is 0.333. The van der Waals surface area contributed by atoms with Crippen molar-refractivity contribution in [1.29, 1.82) is 0 Å². The van der Waals surface area contributed by atoms with E-state index < -0.39 is 0 Å². The van der Waals surface area contributed by atoms with Crippen LogP contribution in [0.15, 0.2) is 34.7 Å². The minimum Gasteiger partial charge on any atom is -0.490 e. The van der Waals surface area contributed by atoms with Crippen LogP contribution in [0.4, 0.5) is 0 Å². The molecular weight excluding hydrogens is 226 g/mol. The first-order valence-corrected chi connectivity index (χ1v) is 6.29. The predicted molar refractivity (Wildman–Crippen MR) is 70.7 cm³/mol. The second kappa shape index (κ2) is 4.50. The van der Waals surface area contributed by atoms with E-state index in [9.17, 15) is 0 Å². The van der Waals surface area contributed by atoms with Gasteiger partial charge in [-0.2, -0.15) is 0 Å². The topological polar surface area (TPSA) is 34.4 Å². The number of rotatable bonds is 3. The number of benzene rings is 1. The Hall–Kier alpha value is -1.74. The summed E-state index contributed by atoms with van der Waals surface area (Å²) >= 11 is 0. The maximum atomic E-state index is 5.79. The monoisotopic (exact) mass is 243 g/mol. The summed E-state index contributed by atoms with van der Waals surface area (Å²) in [7, 11) is 1.91. The molecule has 0 aliphatic carbocycles. The minimum atomic E-state index is 0.284. The van der Waals surface area contributed by atoms with Gasteiger partial charge in [0, 0.05) is 12.0 Å². The van der Waals surface area contributed by atoms with Crippen molar-refractivity contribution in [1.82, 2.24) is 5.32 Å². The summed E-state index contributed by atoms with van der Waals surface area (Å²) < 4.78 is 11.5. The molecule has 0 amide bonds. The SMILES string of the molecule is CNCc1ccc(-c2ccc3c(c2)CC(C)O3)o1. The van der Waals surface area contributed by atoms with Gasteiger partial charge in [0.2, 0.25) is 0 Å². The highest BCUT2D eigenvalue weighted by molar-refractivity contribution is 5.61. The molecule has 3 nitrogen and oxygen atoms in total. The normalized spacial score (nSPS) is 17.6. The summed E-state index contributed by atoms with van der Waals surface area (Å²) in [6, 6.07) is 10.3. The lowest BCUT2D eigenvalue weighted by molar-refractivity contribution is 0.254. The summed E-state index contributed by atoms with van der Waals surface area (Å²) in [6.45, 7) is 2.85. The second-order valence-electron chi connectivity index (χ2n) is 4.75. The van der Waals surface area contributed by atoms with Crippen molar-refractivity contribution in [3.05, 3.63) is 41.7 Å². The van der Waals surface area contributed by atoms with Crippen LogP contribution in [0.1, 0.15) is 18.2 Å². The van der Waals surface area contributed by atoms with Gasteiger partial charge in [0.05, 0.1) is 6.54 Å². The fourth-order valence-electron chi connectivity index (χ4n) is 2.38. The third-order valence-corrected chi connectivity index (χ3v) is 3.19. The van der Waals surface area contributed by atoms with E-state index in [4.69, 9.17) is 9.15 Å². The van der Waals surface area contributed by atoms with Gasteiger partial charge in [-0.1, -0.05) is 0 Å². The fourth-order valence-corrected chi connectivity index (χ4v) is 2.38. The Kier molecular flexibility index (Phi) is 2.84. The van der Waals surface area contributed by atoms with Crippen LogP contribution in [-0.4, -0.2) is 13.2 Å². The highest BCUT2D eigenvalue weighted by atomic mass is 16.5. The van der Waals surface area contributed by atoms with E-state index in [0.29, 0.717) is 0 Å². The van der Waals surface area contributed by atoms with Crippen LogP contribution >= 0.6 is 0 Å². The van der Waals surface area contributed by atoms with Gasteiger partial charge in [0.15, 0.2) is 0 Å². The lowest BCUT2D eigenvalue weighted by Crippen LogP contribution is -2.05. The molecule has 94 valence electrons. The van der Waals surface area contributed by atoms with E-state index in [0.717, 1.165) is 35.8 Å². The Labute approximate surface area is 107 Å². The summed E-state index contributed by atoms with van der Waals surface area (Å²) in [5.74, 6) is 2.88. The van der Waals surface area contributed by atoms with Crippen molar-refractivity contribution in [2.24, 2.45) is 0 Å². The van der Waals surface area contributed by atoms with Crippen LogP contribution in [0.3, 0.4) is 0 Å². The zero-order valence-corrected chi connectivity index (χ0v) is 10.7. The average molecular weight is 243 g/mol. The molecule has 3 rings (SSSR count). The van der Waals surface area contributed by atoms with Crippen LogP contribution in [0.5, 0.6) is 5.75 Å². The van der Waals surface area contributed by atoms with Crippen molar-refractivity contribution < 1.29 is 9.15 Å². The minimum absolute atomic E-state index is 0.284. The number of furan rings is 1. The Morgan fingerprint density at radius 3 is 3.00 bits per heavy atom. The summed E-state index contributed by atoms with van der Waals surface area (Å²) in [4.78, 5) is 0. The van der Waals surface area contributed by atoms with E-state index >= 15 is 0 Å². The van der Waals surface area contributed by atoms with Crippen molar-refractivity contribution >= 4 is 0 Å². The van der Waals surface area contributed by atoms with Gasteiger partial charge in [0.25, 0.3) is 0 Å². The lowest BCUT2D eigenvalue weighted by atomic mass is 10.1. The first-order valence-electron chi connectivity index (χ1n) is 6.29. The molecule has 1 unspecified atom stereocenters. The summed E-state index contributed by atoms with van der Waals surface area (Å²) in [6.07, 6.45) is 1.26. The summed E-state index contributed by atoms with van der Waals surface area (Å²) in [5, 5.41) is 3.08. The van der Waals surface area contributed by atoms with Crippen molar-refractivity contribution in [3.8, 4) is 17.1 Å². The molecule has 1 aromatic carbocycles. The zero-order valence-electron chi connectivity index (χ0n) is 10.7. The number of hydrogen-bond donors (Lipinski definition) is 1. The molecule has 1 atom stereocenters. The van der Waals surface area contributed by atoms with Gasteiger partial charge >= 0.3 is 0 Å². The van der Waals surface area contributed by atoms with E-state index in [-0.39, 0.29) is 6.10 Å². The van der Waals surface area contributed by atoms with Crippen molar-refractivity contribution in [2.75, 3.05) is 7.05 Å². The zero-order chi connectivity index (χ0) is 12.5. The van der Waals surface area contributed by atoms with Crippen molar-refractivity contribution in [3.63, 3.8) is 0 Å². The van der Waals surface area contributed by atoms with Crippen LogP contribution in [0, 0.1) is 0 Å². The highest BCUT2D eigenvalue weighted by Crippen LogP contribution is 2.33. The number of ether oxygens (including phenoxy) is 1. The molecule has 1 aliphatic rings. The van der Waals surface area contributed by atoms with Gasteiger partial charge in [-0.3, -0.25) is 0 Å². The Balaban J connectivity index is 1.90. The Morgan fingerprint density at radius 2 is 2.17 bits per heavy atom. The third-order valence-electron chi connectivity index (χ3n) is 3.19. The molecule has 0 saturated heterocycles. The van der Waals surface area contributed by atoms with Crippen LogP contribution in [0.2, 0.25) is 0 Å². The quantitative estimate of drug-likeness (QED) is 0.900. The molecule has 2 aromatic rings. The van der Waals surface area contributed by atoms with E-state index in [2.05, 4.69) is 24.4 Å². The van der Waals surface area contributed by atoms with Crippen molar-refractivity contribution in [2.45, 2.75) is 26.0 Å². The molecule has 0 bridgehead atoms. The highest BCUT2D eigenvalue weighted by Gasteiger charge is 2.19. The van der Waals surface area contributed by atoms with E-state index in [1.54, 1.807) is 0 Å². The molecule has 3 heteroatoms. The smallest absolute Gasteiger partial charge is 0.134 e. The van der Waals surface area contributed by atoms with Crippen LogP contribution in [0.25, 0.3) is 11.3 Å². The Bertz CT molecular complexity index is 559. The largest absolute Gasteiger partial charge is 0.490 e. The standard InChI is InChI=1S/C15H17NO2/c1-10-7-12-8-11(3-5-15(12)17-10)14-6-4-13(18-14)9-16-2/h3-6,8,10,16H,7,9H2,1-2H3. The third kappa shape index (κ3) is 2.02. The maximum absolute atomic E-state index is 5.79. The molecule has 1 aromatic heterocycles. The van der Waals surface area contributed by atoms with E-state index in [1.165, 1.54) is 5.56 Å². The maximum Gasteiger partial charge on any atom is 0.134 e. The first kappa shape index (κ1) is 11.4. The molecule has 1 N–H and O–H groups in total. The number of hydrogen-bond acceptors (Lipinski definition) is 3. The molecule has 0 spiro atoms. The second-order valence-corrected chi connectivity index (χ2v) is 4.75. The molecule has 2 heterocycles. The van der Waals surface area contributed by atoms with Gasteiger partial charge in [-0.25, -0.2) is 0 Å². The molecule has 18 heavy (non-hydrogen) atoms. The number of fused-ring (bicyclic) bond motifs is 1. The van der Waals surface area contributed by atoms with Gasteiger partial charge in [-0.15, -0.1) is 0 Å². The summed E-state index contributed by atoms with van der Waals surface area (Å²) in [5.41, 5.74) is 2.39. The van der Waals surface area contributed by atoms with E-state index in [1.807, 2.05) is 25.2 Å². The average Bonchev–Trinajstić information content (AvgIpc) is 2.93. The lowest BCUT2D eigenvalue weighted by Gasteiger charge is -2.02. The van der Waals surface area contributed by atoms with Crippen LogP contribution < -0.4 is 10.1 Å². The first-order chi connectivity index (χ1) is 8.76. The van der Waals surface area contributed by atoms with Gasteiger partial charge < -0.3 is 14.5 Å². The van der Waals surface area contributed by atoms with Gasteiger partial charge in [0.1, 0.15) is 23.4 Å². The van der Waals surface area contributed by atoms with Crippen LogP contribution in [-0.2, 0) is 13.0 Å². The predicted octanol–water partition coefficient (Wildman–Crippen LogP) is 2.99. The molecular formula is C15H17NO2. The molecule has 0 saturated carbocycles. The molecule has 0 radical (unpaired) electrons. The molecule has 1 aliphatic heterocycles. The van der Waals surface area contributed by atoms with Gasteiger partial charge in [-0.05, 0) is 49.9 Å². The number of nitrogens with one attached hydrogen (secondary N) is 1. The Morgan fingerprint density at radius 1 is 1.28 bits per heavy atom. The molecule has 0 fully saturated rings.